The normalized spacial score (nSPS) is 24.0. The first kappa shape index (κ1) is 30.6. The van der Waals surface area contributed by atoms with Crippen molar-refractivity contribution in [3.63, 3.8) is 0 Å². The second kappa shape index (κ2) is 27.8. The van der Waals surface area contributed by atoms with Crippen molar-refractivity contribution >= 4 is 0 Å². The molecule has 0 bridgehead atoms. The molecule has 0 spiro atoms. The maximum absolute atomic E-state index is 5.42. The van der Waals surface area contributed by atoms with Crippen LogP contribution in [0, 0.1) is 0 Å². The van der Waals surface area contributed by atoms with Crippen LogP contribution in [0.25, 0.3) is 0 Å². The monoisotopic (exact) mass is 486 g/mol. The fraction of sp³-hybridized carbons (Fsp3) is 1.00. The highest BCUT2D eigenvalue weighted by Crippen LogP contribution is 1.88. The van der Waals surface area contributed by atoms with Crippen molar-refractivity contribution in [1.29, 1.82) is 0 Å². The van der Waals surface area contributed by atoms with Gasteiger partial charge in [-0.05, 0) is 0 Å². The third kappa shape index (κ3) is 26.0. The lowest BCUT2D eigenvalue weighted by Gasteiger charge is -2.09. The van der Waals surface area contributed by atoms with Gasteiger partial charge in [0.15, 0.2) is 0 Å². The minimum absolute atomic E-state index is 0.202. The van der Waals surface area contributed by atoms with Crippen LogP contribution >= 0.6 is 0 Å². The molecule has 1 saturated heterocycles. The van der Waals surface area contributed by atoms with Gasteiger partial charge in [0, 0.05) is 0 Å². The first-order valence-electron chi connectivity index (χ1n) is 11.4. The van der Waals surface area contributed by atoms with Gasteiger partial charge in [0.25, 0.3) is 0 Å². The molecule has 1 aliphatic rings. The summed E-state index contributed by atoms with van der Waals surface area (Å²) in [5, 5.41) is 0. The number of hydrogen-bond donors (Lipinski definition) is 0. The first-order chi connectivity index (χ1) is 16.5. The Labute approximate surface area is 196 Å². The fourth-order valence-electron chi connectivity index (χ4n) is 2.20. The molecule has 0 aromatic rings. The molecule has 1 heterocycles. The molecule has 1 aliphatic heterocycles. The summed E-state index contributed by atoms with van der Waals surface area (Å²) in [5.74, 6) is 0. The van der Waals surface area contributed by atoms with E-state index in [1.165, 1.54) is 0 Å². The minimum atomic E-state index is 0.202. The van der Waals surface area contributed by atoms with E-state index in [1.54, 1.807) is 0 Å². The van der Waals surface area contributed by atoms with E-state index in [2.05, 4.69) is 0 Å². The molecular weight excluding hydrogens is 444 g/mol. The lowest BCUT2D eigenvalue weighted by Crippen LogP contribution is -2.15. The molecule has 1 rings (SSSR count). The zero-order valence-electron chi connectivity index (χ0n) is 19.7. The van der Waals surface area contributed by atoms with Gasteiger partial charge in [-0.15, -0.1) is 0 Å². The minimum Gasteiger partial charge on any atom is -0.377 e. The lowest BCUT2D eigenvalue weighted by atomic mass is 10.7. The molecule has 1 fully saturated rings. The van der Waals surface area contributed by atoms with Crippen LogP contribution < -0.4 is 0 Å². The van der Waals surface area contributed by atoms with E-state index < -0.39 is 0 Å². The zero-order valence-corrected chi connectivity index (χ0v) is 19.7. The average Bonchev–Trinajstić information content (AvgIpc) is 2.83. The van der Waals surface area contributed by atoms with Crippen molar-refractivity contribution in [3.05, 3.63) is 0 Å². The molecule has 198 valence electrons. The second-order valence-corrected chi connectivity index (χ2v) is 6.48. The van der Waals surface area contributed by atoms with E-state index in [0.717, 1.165) is 0 Å². The van der Waals surface area contributed by atoms with Crippen molar-refractivity contribution in [2.75, 3.05) is 139 Å². The van der Waals surface area contributed by atoms with Crippen LogP contribution in [-0.4, -0.2) is 139 Å². The van der Waals surface area contributed by atoms with Crippen LogP contribution in [0.15, 0.2) is 0 Å². The average molecular weight is 487 g/mol. The van der Waals surface area contributed by atoms with Crippen LogP contribution in [0.5, 0.6) is 0 Å². The smallest absolute Gasteiger partial charge is 0.146 e. The molecule has 0 radical (unpaired) electrons. The predicted octanol–water partition coefficient (Wildman–Crippen LogP) is 0.0717. The van der Waals surface area contributed by atoms with E-state index in [9.17, 15) is 0 Å². The second-order valence-electron chi connectivity index (χ2n) is 6.48. The summed E-state index contributed by atoms with van der Waals surface area (Å²) in [6.07, 6.45) is 0. The van der Waals surface area contributed by atoms with Crippen molar-refractivity contribution in [1.82, 2.24) is 0 Å². The van der Waals surface area contributed by atoms with Crippen LogP contribution in [0.4, 0.5) is 0 Å². The van der Waals surface area contributed by atoms with Crippen molar-refractivity contribution in [3.8, 4) is 0 Å². The van der Waals surface area contributed by atoms with E-state index >= 15 is 0 Å². The van der Waals surface area contributed by atoms with Gasteiger partial charge < -0.3 is 56.8 Å². The molecule has 12 nitrogen and oxygen atoms in total. The molecule has 0 atom stereocenters. The predicted molar refractivity (Wildman–Crippen MR) is 115 cm³/mol. The van der Waals surface area contributed by atoms with Crippen LogP contribution in [0.3, 0.4) is 0 Å². The van der Waals surface area contributed by atoms with Crippen molar-refractivity contribution < 1.29 is 56.8 Å². The van der Waals surface area contributed by atoms with Gasteiger partial charge in [-0.25, -0.2) is 0 Å². The Morgan fingerprint density at radius 3 is 0.424 bits per heavy atom. The summed E-state index contributed by atoms with van der Waals surface area (Å²) < 4.78 is 64.3. The van der Waals surface area contributed by atoms with Gasteiger partial charge in [0.05, 0.1) is 119 Å². The van der Waals surface area contributed by atoms with Gasteiger partial charge in [-0.2, -0.15) is 0 Å². The summed E-state index contributed by atoms with van der Waals surface area (Å²) in [6, 6.07) is 0. The Kier molecular flexibility index (Phi) is 25.7. The summed E-state index contributed by atoms with van der Waals surface area (Å²) in [4.78, 5) is 0. The molecule has 33 heavy (non-hydrogen) atoms. The third-order valence-corrected chi connectivity index (χ3v) is 3.85. The van der Waals surface area contributed by atoms with E-state index in [4.69, 9.17) is 56.8 Å². The topological polar surface area (TPSA) is 111 Å². The maximum atomic E-state index is 5.42. The standard InChI is InChI=1S/C21H42O12/c1-3-23-7-13-28-19-29-15-9-25-5-6-26-10-16-31-21-33-18-12-27-11-17-32-20-30-14-8-24-4-2-22-1/h1-21H2. The highest BCUT2D eigenvalue weighted by molar-refractivity contribution is 4.36. The first-order valence-corrected chi connectivity index (χ1v) is 11.4. The van der Waals surface area contributed by atoms with Gasteiger partial charge in [0.2, 0.25) is 0 Å². The Morgan fingerprint density at radius 1 is 0.152 bits per heavy atom. The summed E-state index contributed by atoms with van der Waals surface area (Å²) in [6.45, 7) is 9.23. The number of ether oxygens (including phenoxy) is 12. The van der Waals surface area contributed by atoms with Crippen LogP contribution in [0.1, 0.15) is 0 Å². The fourth-order valence-corrected chi connectivity index (χ4v) is 2.20. The SMILES string of the molecule is C1COCCOCOCCOCCOCCOCOCCOCCOCOCCOCCO1. The van der Waals surface area contributed by atoms with Crippen LogP contribution in [-0.2, 0) is 56.8 Å². The highest BCUT2D eigenvalue weighted by Gasteiger charge is 1.96. The van der Waals surface area contributed by atoms with E-state index in [0.29, 0.717) is 119 Å². The summed E-state index contributed by atoms with van der Waals surface area (Å²) >= 11 is 0. The largest absolute Gasteiger partial charge is 0.377 e. The Bertz CT molecular complexity index is 198. The van der Waals surface area contributed by atoms with Crippen molar-refractivity contribution in [2.45, 2.75) is 0 Å². The Balaban J connectivity index is 2.00. The molecule has 0 amide bonds. The van der Waals surface area contributed by atoms with E-state index in [1.807, 2.05) is 0 Å². The Morgan fingerprint density at radius 2 is 0.273 bits per heavy atom. The maximum Gasteiger partial charge on any atom is 0.146 e. The van der Waals surface area contributed by atoms with Crippen LogP contribution in [0.2, 0.25) is 0 Å². The molecule has 0 aromatic heterocycles. The van der Waals surface area contributed by atoms with Gasteiger partial charge in [0.1, 0.15) is 20.4 Å². The highest BCUT2D eigenvalue weighted by atomic mass is 16.7. The van der Waals surface area contributed by atoms with Gasteiger partial charge >= 0.3 is 0 Å². The summed E-state index contributed by atoms with van der Waals surface area (Å²) in [7, 11) is 0. The quantitative estimate of drug-likeness (QED) is 0.462. The van der Waals surface area contributed by atoms with E-state index in [-0.39, 0.29) is 20.4 Å². The molecule has 0 saturated carbocycles. The molecule has 12 heteroatoms. The third-order valence-electron chi connectivity index (χ3n) is 3.85. The van der Waals surface area contributed by atoms with Gasteiger partial charge in [-0.1, -0.05) is 0 Å². The van der Waals surface area contributed by atoms with Gasteiger partial charge in [-0.3, -0.25) is 0 Å². The number of rotatable bonds is 0. The zero-order chi connectivity index (χ0) is 23.3. The summed E-state index contributed by atoms with van der Waals surface area (Å²) in [5.41, 5.74) is 0. The molecular formula is C21H42O12. The lowest BCUT2D eigenvalue weighted by molar-refractivity contribution is -0.0980. The molecule has 0 N–H and O–H groups in total. The molecule has 0 aromatic carbocycles. The Hall–Kier alpha value is -0.480. The van der Waals surface area contributed by atoms with Crippen molar-refractivity contribution in [2.24, 2.45) is 0 Å². The number of hydrogen-bond acceptors (Lipinski definition) is 12. The molecule has 0 aliphatic carbocycles. The molecule has 0 unspecified atom stereocenters.